The maximum atomic E-state index is 12.7. The lowest BCUT2D eigenvalue weighted by molar-refractivity contribution is 0.193. The van der Waals surface area contributed by atoms with Gasteiger partial charge in [0.05, 0.1) is 6.20 Å². The average molecular weight is 442 g/mol. The van der Waals surface area contributed by atoms with Crippen molar-refractivity contribution >= 4 is 12.1 Å². The maximum absolute atomic E-state index is 12.7. The van der Waals surface area contributed by atoms with E-state index < -0.39 is 0 Å². The number of benzene rings is 2. The summed E-state index contributed by atoms with van der Waals surface area (Å²) in [6.07, 6.45) is 6.29. The second kappa shape index (κ2) is 9.36. The van der Waals surface area contributed by atoms with Gasteiger partial charge in [0.25, 0.3) is 0 Å². The molecule has 2 amide bonds. The van der Waals surface area contributed by atoms with Gasteiger partial charge < -0.3 is 20.1 Å². The second-order valence-electron chi connectivity index (χ2n) is 8.63. The van der Waals surface area contributed by atoms with Crippen molar-refractivity contribution in [1.29, 1.82) is 0 Å². The molecule has 2 N–H and O–H groups in total. The Hall–Kier alpha value is -3.80. The van der Waals surface area contributed by atoms with Crippen LogP contribution in [0.2, 0.25) is 0 Å². The number of urea groups is 1. The summed E-state index contributed by atoms with van der Waals surface area (Å²) in [6, 6.07) is 21.7. The molecule has 1 saturated heterocycles. The number of hydrogen-bond donors (Lipinski definition) is 2. The van der Waals surface area contributed by atoms with Gasteiger partial charge in [-0.15, -0.1) is 0 Å². The molecule has 33 heavy (non-hydrogen) atoms. The predicted molar refractivity (Wildman–Crippen MR) is 127 cm³/mol. The van der Waals surface area contributed by atoms with Crippen molar-refractivity contribution in [3.63, 3.8) is 0 Å². The molecule has 5 rings (SSSR count). The lowest BCUT2D eigenvalue weighted by atomic mass is 10.0. The Bertz CT molecular complexity index is 1130. The van der Waals surface area contributed by atoms with Crippen LogP contribution < -0.4 is 10.1 Å². The quantitative estimate of drug-likeness (QED) is 0.562. The van der Waals surface area contributed by atoms with Crippen molar-refractivity contribution in [2.24, 2.45) is 0 Å². The summed E-state index contributed by atoms with van der Waals surface area (Å²) in [4.78, 5) is 18.7. The summed E-state index contributed by atoms with van der Waals surface area (Å²) in [5, 5.41) is 12.6. The molecule has 0 unspecified atom stereocenters. The third-order valence-corrected chi connectivity index (χ3v) is 6.19. The normalized spacial score (nSPS) is 19.6. The highest BCUT2D eigenvalue weighted by molar-refractivity contribution is 5.75. The Balaban J connectivity index is 1.13. The highest BCUT2D eigenvalue weighted by Gasteiger charge is 2.40. The van der Waals surface area contributed by atoms with Gasteiger partial charge in [0, 0.05) is 31.1 Å². The Labute approximate surface area is 193 Å². The highest BCUT2D eigenvalue weighted by Crippen LogP contribution is 2.40. The van der Waals surface area contributed by atoms with Crippen LogP contribution in [0.1, 0.15) is 36.3 Å². The van der Waals surface area contributed by atoms with Crippen molar-refractivity contribution in [1.82, 2.24) is 15.2 Å². The lowest BCUT2D eigenvalue weighted by Crippen LogP contribution is -2.44. The standard InChI is InChI=1S/C27H27N3O3/c31-22-9-10-26(28-18-22)33-23-8-4-5-20(16-23)15-19-11-13-30(14-12-19)27(32)29-25-17-24(25)21-6-2-1-3-7-21/h1-10,15-16,18,24-25,31H,11-14,17H2,(H,29,32)/t24-,25+/m0/s1. The SMILES string of the molecule is O=C(N[C@@H]1C[C@H]1c1ccccc1)N1CCC(=Cc2cccc(Oc3ccc(O)cn3)c2)CC1. The zero-order valence-electron chi connectivity index (χ0n) is 18.4. The Morgan fingerprint density at radius 1 is 1.06 bits per heavy atom. The minimum Gasteiger partial charge on any atom is -0.506 e. The number of rotatable bonds is 5. The van der Waals surface area contributed by atoms with Gasteiger partial charge in [0.15, 0.2) is 0 Å². The van der Waals surface area contributed by atoms with Crippen LogP contribution in [-0.2, 0) is 0 Å². The molecule has 1 aromatic heterocycles. The number of carbonyl (C=O) groups is 1. The molecule has 168 valence electrons. The van der Waals surface area contributed by atoms with E-state index in [0.717, 1.165) is 37.9 Å². The number of aromatic nitrogens is 1. The van der Waals surface area contributed by atoms with Crippen LogP contribution in [0.25, 0.3) is 6.08 Å². The summed E-state index contributed by atoms with van der Waals surface area (Å²) >= 11 is 0. The zero-order chi connectivity index (χ0) is 22.6. The van der Waals surface area contributed by atoms with E-state index >= 15 is 0 Å². The molecule has 0 bridgehead atoms. The number of ether oxygens (including phenoxy) is 1. The van der Waals surface area contributed by atoms with E-state index in [4.69, 9.17) is 4.74 Å². The summed E-state index contributed by atoms with van der Waals surface area (Å²) in [5.74, 6) is 1.68. The topological polar surface area (TPSA) is 74.7 Å². The Morgan fingerprint density at radius 2 is 1.88 bits per heavy atom. The third-order valence-electron chi connectivity index (χ3n) is 6.19. The molecule has 0 spiro atoms. The fraction of sp³-hybridized carbons (Fsp3) is 0.259. The smallest absolute Gasteiger partial charge is 0.317 e. The fourth-order valence-corrected chi connectivity index (χ4v) is 4.27. The second-order valence-corrected chi connectivity index (χ2v) is 8.63. The van der Waals surface area contributed by atoms with E-state index in [1.165, 1.54) is 17.3 Å². The number of amides is 2. The van der Waals surface area contributed by atoms with Crippen LogP contribution >= 0.6 is 0 Å². The number of piperidine rings is 1. The van der Waals surface area contributed by atoms with E-state index in [9.17, 15) is 9.90 Å². The van der Waals surface area contributed by atoms with Crippen molar-refractivity contribution in [3.05, 3.63) is 89.6 Å². The van der Waals surface area contributed by atoms with Gasteiger partial charge in [-0.1, -0.05) is 54.1 Å². The molecule has 2 fully saturated rings. The molecule has 0 radical (unpaired) electrons. The molecule has 6 heteroatoms. The van der Waals surface area contributed by atoms with Crippen LogP contribution in [0, 0.1) is 0 Å². The lowest BCUT2D eigenvalue weighted by Gasteiger charge is -2.28. The number of pyridine rings is 1. The first kappa shape index (κ1) is 21.1. The van der Waals surface area contributed by atoms with Crippen LogP contribution in [0.3, 0.4) is 0 Å². The first-order valence-corrected chi connectivity index (χ1v) is 11.4. The van der Waals surface area contributed by atoms with E-state index in [2.05, 4.69) is 40.6 Å². The molecular weight excluding hydrogens is 414 g/mol. The molecule has 2 atom stereocenters. The van der Waals surface area contributed by atoms with Gasteiger partial charge in [-0.3, -0.25) is 0 Å². The minimum atomic E-state index is 0.0503. The van der Waals surface area contributed by atoms with E-state index in [1.54, 1.807) is 12.1 Å². The minimum absolute atomic E-state index is 0.0503. The van der Waals surface area contributed by atoms with Gasteiger partial charge in [-0.05, 0) is 48.6 Å². The van der Waals surface area contributed by atoms with Gasteiger partial charge in [-0.25, -0.2) is 9.78 Å². The molecule has 2 aromatic carbocycles. The number of aromatic hydroxyl groups is 1. The number of nitrogens with one attached hydrogen (secondary N) is 1. The fourth-order valence-electron chi connectivity index (χ4n) is 4.27. The average Bonchev–Trinajstić information content (AvgIpc) is 3.61. The molecule has 2 heterocycles. The van der Waals surface area contributed by atoms with Crippen LogP contribution in [-0.4, -0.2) is 40.2 Å². The van der Waals surface area contributed by atoms with Crippen molar-refractivity contribution in [2.45, 2.75) is 31.2 Å². The first-order valence-electron chi connectivity index (χ1n) is 11.4. The number of likely N-dealkylation sites (tertiary alicyclic amines) is 1. The monoisotopic (exact) mass is 441 g/mol. The molecule has 1 saturated carbocycles. The molecule has 1 aliphatic carbocycles. The van der Waals surface area contributed by atoms with Crippen molar-refractivity contribution in [3.8, 4) is 17.4 Å². The van der Waals surface area contributed by atoms with Crippen molar-refractivity contribution < 1.29 is 14.6 Å². The maximum Gasteiger partial charge on any atom is 0.317 e. The molecule has 3 aromatic rings. The van der Waals surface area contributed by atoms with Crippen molar-refractivity contribution in [2.75, 3.05) is 13.1 Å². The molecule has 6 nitrogen and oxygen atoms in total. The van der Waals surface area contributed by atoms with Gasteiger partial charge in [0.2, 0.25) is 5.88 Å². The summed E-state index contributed by atoms with van der Waals surface area (Å²) in [5.41, 5.74) is 3.69. The summed E-state index contributed by atoms with van der Waals surface area (Å²) in [7, 11) is 0. The van der Waals surface area contributed by atoms with E-state index in [1.807, 2.05) is 35.2 Å². The van der Waals surface area contributed by atoms with E-state index in [-0.39, 0.29) is 17.8 Å². The van der Waals surface area contributed by atoms with E-state index in [0.29, 0.717) is 17.5 Å². The summed E-state index contributed by atoms with van der Waals surface area (Å²) < 4.78 is 5.78. The van der Waals surface area contributed by atoms with Crippen LogP contribution in [0.4, 0.5) is 4.79 Å². The largest absolute Gasteiger partial charge is 0.506 e. The molecule has 2 aliphatic rings. The Morgan fingerprint density at radius 3 is 2.64 bits per heavy atom. The van der Waals surface area contributed by atoms with Gasteiger partial charge >= 0.3 is 6.03 Å². The zero-order valence-corrected chi connectivity index (χ0v) is 18.4. The van der Waals surface area contributed by atoms with Crippen LogP contribution in [0.5, 0.6) is 17.4 Å². The number of hydrogen-bond acceptors (Lipinski definition) is 4. The summed E-state index contributed by atoms with van der Waals surface area (Å²) in [6.45, 7) is 1.46. The number of carbonyl (C=O) groups excluding carboxylic acids is 1. The van der Waals surface area contributed by atoms with Gasteiger partial charge in [0.1, 0.15) is 11.5 Å². The van der Waals surface area contributed by atoms with Crippen LogP contribution in [0.15, 0.2) is 78.5 Å². The van der Waals surface area contributed by atoms with Gasteiger partial charge in [-0.2, -0.15) is 0 Å². The number of nitrogens with zero attached hydrogens (tertiary/aromatic N) is 2. The predicted octanol–water partition coefficient (Wildman–Crippen LogP) is 5.32. The third kappa shape index (κ3) is 5.34. The first-order chi connectivity index (χ1) is 16.1. The molecular formula is C27H27N3O3. The highest BCUT2D eigenvalue weighted by atomic mass is 16.5. The Kier molecular flexibility index (Phi) is 5.98. The molecule has 1 aliphatic heterocycles.